The van der Waals surface area contributed by atoms with Gasteiger partial charge in [0, 0.05) is 27.3 Å². The van der Waals surface area contributed by atoms with E-state index in [2.05, 4.69) is 12.1 Å². The molecule has 2 aromatic rings. The average molecular weight is 466 g/mol. The molecular formula is C13H10ClF3Pb-. The maximum absolute atomic E-state index is 9.58. The smallest absolute Gasteiger partial charge is 0.487 e. The molecule has 0 heterocycles. The van der Waals surface area contributed by atoms with E-state index in [1.54, 1.807) is 0 Å². The standard InChI is InChI=1S/2C6H5.CF3.ClH.Pb/c2*1-2-4-6-5-3-1;2-1(3)4;;/h2*1-5H;;1H;/p-1. The minimum atomic E-state index is -3.08. The molecule has 0 aliphatic rings. The molecule has 0 atom stereocenters. The van der Waals surface area contributed by atoms with E-state index in [-0.39, 0.29) is 39.7 Å². The van der Waals surface area contributed by atoms with Gasteiger partial charge >= 0.3 is 6.68 Å². The largest absolute Gasteiger partial charge is 1.00 e. The molecule has 2 rings (SSSR count). The fourth-order valence-electron chi connectivity index (χ4n) is 0.684. The van der Waals surface area contributed by atoms with Gasteiger partial charge in [-0.3, -0.25) is 0 Å². The molecule has 0 bridgehead atoms. The van der Waals surface area contributed by atoms with Crippen molar-refractivity contribution >= 4 is 27.3 Å². The van der Waals surface area contributed by atoms with Crippen LogP contribution in [0.4, 0.5) is 13.2 Å². The third-order valence-corrected chi connectivity index (χ3v) is 1.21. The predicted octanol–water partition coefficient (Wildman–Crippen LogP) is 0.939. The van der Waals surface area contributed by atoms with Crippen molar-refractivity contribution in [3.63, 3.8) is 0 Å². The van der Waals surface area contributed by atoms with Gasteiger partial charge in [-0.2, -0.15) is 13.2 Å². The Morgan fingerprint density at radius 3 is 0.889 bits per heavy atom. The number of halogens is 4. The summed E-state index contributed by atoms with van der Waals surface area (Å²) in [6, 6.07) is 25.0. The average Bonchev–Trinajstić information content (AvgIpc) is 2.34. The van der Waals surface area contributed by atoms with Gasteiger partial charge in [0.05, 0.1) is 0 Å². The van der Waals surface area contributed by atoms with Crippen LogP contribution in [0.5, 0.6) is 0 Å². The van der Waals surface area contributed by atoms with Crippen LogP contribution in [0.25, 0.3) is 0 Å². The Kier molecular flexibility index (Phi) is 23.6. The fourth-order valence-corrected chi connectivity index (χ4v) is 0.684. The van der Waals surface area contributed by atoms with Gasteiger partial charge in [-0.1, -0.05) is 60.7 Å². The quantitative estimate of drug-likeness (QED) is 0.508. The maximum Gasteiger partial charge on any atom is 0.487 e. The summed E-state index contributed by atoms with van der Waals surface area (Å²) < 4.78 is 28.8. The van der Waals surface area contributed by atoms with Crippen molar-refractivity contribution in [2.75, 3.05) is 0 Å². The van der Waals surface area contributed by atoms with Crippen molar-refractivity contribution in [1.82, 2.24) is 0 Å². The topological polar surface area (TPSA) is 0 Å². The van der Waals surface area contributed by atoms with Crippen molar-refractivity contribution in [3.8, 4) is 0 Å². The first-order chi connectivity index (χ1) is 7.73. The van der Waals surface area contributed by atoms with E-state index in [4.69, 9.17) is 0 Å². The molecule has 0 unspecified atom stereocenters. The Morgan fingerprint density at radius 2 is 0.833 bits per heavy atom. The molecule has 95 valence electrons. The zero-order valence-corrected chi connectivity index (χ0v) is 13.9. The number of hydrogen-bond acceptors (Lipinski definition) is 0. The van der Waals surface area contributed by atoms with E-state index >= 15 is 0 Å². The minimum Gasteiger partial charge on any atom is -1.00 e. The number of hydrogen-bond donors (Lipinski definition) is 0. The van der Waals surface area contributed by atoms with Crippen molar-refractivity contribution in [3.05, 3.63) is 79.5 Å². The van der Waals surface area contributed by atoms with Crippen molar-refractivity contribution in [2.45, 2.75) is 0 Å². The van der Waals surface area contributed by atoms with Crippen molar-refractivity contribution in [1.29, 1.82) is 0 Å². The van der Waals surface area contributed by atoms with E-state index in [0.717, 1.165) is 0 Å². The molecule has 0 aliphatic heterocycles. The second-order valence-corrected chi connectivity index (χ2v) is 2.37. The molecule has 5 heteroatoms. The Hall–Kier alpha value is -0.558. The third kappa shape index (κ3) is 24.6. The summed E-state index contributed by atoms with van der Waals surface area (Å²) in [6.07, 6.45) is 0. The molecule has 2 aromatic carbocycles. The maximum atomic E-state index is 9.58. The summed E-state index contributed by atoms with van der Waals surface area (Å²) >= 11 is 0. The normalized spacial score (nSPS) is 7.33. The van der Waals surface area contributed by atoms with Crippen LogP contribution in [-0.2, 0) is 0 Å². The van der Waals surface area contributed by atoms with Gasteiger partial charge in [0.15, 0.2) is 0 Å². The summed E-state index contributed by atoms with van der Waals surface area (Å²) in [5.74, 6) is 0. The molecule has 0 aromatic heterocycles. The van der Waals surface area contributed by atoms with Crippen LogP contribution >= 0.6 is 0 Å². The zero-order chi connectivity index (χ0) is 12.1. The molecule has 0 amide bonds. The summed E-state index contributed by atoms with van der Waals surface area (Å²) in [5, 5.41) is 0. The Balaban J connectivity index is -0.000000182. The molecule has 0 N–H and O–H groups in total. The van der Waals surface area contributed by atoms with Gasteiger partial charge in [0.1, 0.15) is 0 Å². The zero-order valence-electron chi connectivity index (χ0n) is 9.29. The van der Waals surface area contributed by atoms with Crippen LogP contribution in [0.15, 0.2) is 60.7 Å². The number of benzene rings is 2. The third-order valence-electron chi connectivity index (χ3n) is 1.21. The van der Waals surface area contributed by atoms with Crippen molar-refractivity contribution in [2.24, 2.45) is 0 Å². The molecule has 7 radical (unpaired) electrons. The van der Waals surface area contributed by atoms with Gasteiger partial charge in [-0.05, 0) is 12.1 Å². The van der Waals surface area contributed by atoms with Crippen LogP contribution in [-0.4, -0.2) is 27.3 Å². The first-order valence-corrected chi connectivity index (χ1v) is 4.39. The van der Waals surface area contributed by atoms with Gasteiger partial charge in [-0.25, -0.2) is 0 Å². The second kappa shape index (κ2) is 18.8. The molecular weight excluding hydrogens is 456 g/mol. The van der Waals surface area contributed by atoms with Crippen LogP contribution in [0.1, 0.15) is 0 Å². The fraction of sp³-hybridized carbons (Fsp3) is 0. The van der Waals surface area contributed by atoms with Crippen LogP contribution < -0.4 is 12.4 Å². The molecule has 0 nitrogen and oxygen atoms in total. The SMILES string of the molecule is F[C](F)F.[Cl-].[Pb].[c]1ccccc1.[c]1ccccc1. The Bertz CT molecular complexity index is 232. The Labute approximate surface area is 132 Å². The predicted molar refractivity (Wildman–Crippen MR) is 62.9 cm³/mol. The minimum absolute atomic E-state index is 0. The van der Waals surface area contributed by atoms with Crippen molar-refractivity contribution < 1.29 is 25.6 Å². The van der Waals surface area contributed by atoms with Gasteiger partial charge in [-0.15, -0.1) is 0 Å². The Morgan fingerprint density at radius 1 is 0.611 bits per heavy atom. The number of rotatable bonds is 0. The summed E-state index contributed by atoms with van der Waals surface area (Å²) in [4.78, 5) is 0. The molecule has 0 aliphatic carbocycles. The molecule has 0 spiro atoms. The summed E-state index contributed by atoms with van der Waals surface area (Å²) in [6.45, 7) is -3.08. The van der Waals surface area contributed by atoms with Gasteiger partial charge in [0.25, 0.3) is 0 Å². The van der Waals surface area contributed by atoms with Gasteiger partial charge < -0.3 is 12.4 Å². The summed E-state index contributed by atoms with van der Waals surface area (Å²) in [5.41, 5.74) is 0. The first-order valence-electron chi connectivity index (χ1n) is 4.39. The molecule has 0 saturated heterocycles. The molecule has 18 heavy (non-hydrogen) atoms. The molecule has 0 saturated carbocycles. The van der Waals surface area contributed by atoms with Gasteiger partial charge in [0.2, 0.25) is 0 Å². The van der Waals surface area contributed by atoms with E-state index < -0.39 is 6.68 Å². The van der Waals surface area contributed by atoms with Crippen LogP contribution in [0, 0.1) is 18.8 Å². The van der Waals surface area contributed by atoms with Crippen LogP contribution in [0.3, 0.4) is 0 Å². The monoisotopic (exact) mass is 466 g/mol. The second-order valence-electron chi connectivity index (χ2n) is 2.37. The first kappa shape index (κ1) is 22.6. The van der Waals surface area contributed by atoms with E-state index in [9.17, 15) is 13.2 Å². The molecule has 0 fully saturated rings. The van der Waals surface area contributed by atoms with E-state index in [0.29, 0.717) is 0 Å². The van der Waals surface area contributed by atoms with E-state index in [1.807, 2.05) is 60.7 Å². The van der Waals surface area contributed by atoms with Crippen LogP contribution in [0.2, 0.25) is 0 Å². The van der Waals surface area contributed by atoms with E-state index in [1.165, 1.54) is 0 Å². The summed E-state index contributed by atoms with van der Waals surface area (Å²) in [7, 11) is 0.